The Bertz CT molecular complexity index is 549. The van der Waals surface area contributed by atoms with E-state index in [0.717, 1.165) is 31.6 Å². The first-order valence-electron chi connectivity index (χ1n) is 9.15. The van der Waals surface area contributed by atoms with Gasteiger partial charge in [-0.1, -0.05) is 39.3 Å². The monoisotopic (exact) mass is 314 g/mol. The molecule has 1 amide bonds. The van der Waals surface area contributed by atoms with Crippen LogP contribution in [0.1, 0.15) is 62.4 Å². The predicted molar refractivity (Wildman–Crippen MR) is 94.9 cm³/mol. The first-order chi connectivity index (χ1) is 11.0. The van der Waals surface area contributed by atoms with Crippen LogP contribution < -0.4 is 0 Å². The van der Waals surface area contributed by atoms with Gasteiger partial charge in [-0.3, -0.25) is 9.69 Å². The molecule has 0 aliphatic carbocycles. The molecule has 2 heterocycles. The normalized spacial score (nSPS) is 22.7. The Balaban J connectivity index is 1.68. The third kappa shape index (κ3) is 3.45. The Morgan fingerprint density at radius 2 is 1.87 bits per heavy atom. The summed E-state index contributed by atoms with van der Waals surface area (Å²) in [7, 11) is 0. The molecular formula is C20H30N2O. The van der Waals surface area contributed by atoms with Crippen molar-refractivity contribution in [3.8, 4) is 0 Å². The highest BCUT2D eigenvalue weighted by atomic mass is 16.2. The van der Waals surface area contributed by atoms with Crippen molar-refractivity contribution >= 4 is 5.91 Å². The maximum atomic E-state index is 12.8. The van der Waals surface area contributed by atoms with Gasteiger partial charge < -0.3 is 4.90 Å². The average molecular weight is 314 g/mol. The second-order valence-corrected chi connectivity index (χ2v) is 7.75. The van der Waals surface area contributed by atoms with E-state index in [1.165, 1.54) is 31.4 Å². The van der Waals surface area contributed by atoms with E-state index in [4.69, 9.17) is 0 Å². The van der Waals surface area contributed by atoms with Gasteiger partial charge in [0.2, 0.25) is 0 Å². The van der Waals surface area contributed by atoms with Crippen LogP contribution >= 0.6 is 0 Å². The van der Waals surface area contributed by atoms with Crippen molar-refractivity contribution in [1.82, 2.24) is 9.80 Å². The molecule has 0 saturated carbocycles. The van der Waals surface area contributed by atoms with Crippen LogP contribution in [-0.4, -0.2) is 47.9 Å². The van der Waals surface area contributed by atoms with Gasteiger partial charge in [-0.15, -0.1) is 0 Å². The Morgan fingerprint density at radius 3 is 2.57 bits per heavy atom. The number of carbonyl (C=O) groups excluding carboxylic acids is 1. The standard InChI is InChI=1S/C20H30N2O/c1-4-20(2,3)17-10-8-16(9-11-17)19(23)22-14-13-21-12-6-5-7-18(21)15-22/h8-11,18H,4-7,12-15H2,1-3H3. The number of amides is 1. The van der Waals surface area contributed by atoms with E-state index >= 15 is 0 Å². The van der Waals surface area contributed by atoms with Crippen molar-refractivity contribution in [2.75, 3.05) is 26.2 Å². The van der Waals surface area contributed by atoms with Gasteiger partial charge in [0.15, 0.2) is 0 Å². The minimum absolute atomic E-state index is 0.176. The van der Waals surface area contributed by atoms with Crippen LogP contribution in [0.3, 0.4) is 0 Å². The van der Waals surface area contributed by atoms with E-state index in [9.17, 15) is 4.79 Å². The second kappa shape index (κ2) is 6.64. The Kier molecular flexibility index (Phi) is 4.77. The number of hydrogen-bond acceptors (Lipinski definition) is 2. The minimum atomic E-state index is 0.176. The number of hydrogen-bond donors (Lipinski definition) is 0. The molecule has 3 nitrogen and oxygen atoms in total. The van der Waals surface area contributed by atoms with Crippen molar-refractivity contribution in [3.05, 3.63) is 35.4 Å². The lowest BCUT2D eigenvalue weighted by atomic mass is 9.82. The summed E-state index contributed by atoms with van der Waals surface area (Å²) in [4.78, 5) is 17.4. The van der Waals surface area contributed by atoms with E-state index in [-0.39, 0.29) is 11.3 Å². The van der Waals surface area contributed by atoms with Gasteiger partial charge in [0.05, 0.1) is 0 Å². The summed E-state index contributed by atoms with van der Waals surface area (Å²) in [6.07, 6.45) is 4.97. The molecule has 2 aliphatic rings. The molecule has 2 fully saturated rings. The molecule has 0 radical (unpaired) electrons. The molecule has 23 heavy (non-hydrogen) atoms. The van der Waals surface area contributed by atoms with Crippen LogP contribution in [0, 0.1) is 0 Å². The zero-order valence-corrected chi connectivity index (χ0v) is 14.8. The number of carbonyl (C=O) groups is 1. The quantitative estimate of drug-likeness (QED) is 0.849. The lowest BCUT2D eigenvalue weighted by molar-refractivity contribution is 0.0372. The van der Waals surface area contributed by atoms with E-state index in [1.54, 1.807) is 0 Å². The number of piperazine rings is 1. The number of piperidine rings is 1. The number of rotatable bonds is 3. The molecule has 0 bridgehead atoms. The third-order valence-electron chi connectivity index (χ3n) is 5.92. The molecule has 0 spiro atoms. The molecule has 0 N–H and O–H groups in total. The van der Waals surface area contributed by atoms with Crippen molar-refractivity contribution in [3.63, 3.8) is 0 Å². The summed E-state index contributed by atoms with van der Waals surface area (Å²) in [5.74, 6) is 0.205. The first kappa shape index (κ1) is 16.5. The van der Waals surface area contributed by atoms with Crippen LogP contribution in [0.15, 0.2) is 24.3 Å². The lowest BCUT2D eigenvalue weighted by Crippen LogP contribution is -2.56. The van der Waals surface area contributed by atoms with Gasteiger partial charge in [-0.2, -0.15) is 0 Å². The molecule has 1 aromatic rings. The summed E-state index contributed by atoms with van der Waals surface area (Å²) in [6.45, 7) is 10.8. The summed E-state index contributed by atoms with van der Waals surface area (Å²) < 4.78 is 0. The summed E-state index contributed by atoms with van der Waals surface area (Å²) in [5, 5.41) is 0. The highest BCUT2D eigenvalue weighted by Crippen LogP contribution is 2.27. The molecule has 1 aromatic carbocycles. The minimum Gasteiger partial charge on any atom is -0.336 e. The van der Waals surface area contributed by atoms with Crippen molar-refractivity contribution < 1.29 is 4.79 Å². The zero-order valence-electron chi connectivity index (χ0n) is 14.8. The number of fused-ring (bicyclic) bond motifs is 1. The fourth-order valence-corrected chi connectivity index (χ4v) is 3.79. The highest BCUT2D eigenvalue weighted by molar-refractivity contribution is 5.94. The van der Waals surface area contributed by atoms with Crippen LogP contribution in [-0.2, 0) is 5.41 Å². The SMILES string of the molecule is CCC(C)(C)c1ccc(C(=O)N2CCN3CCCCC3C2)cc1. The van der Waals surface area contributed by atoms with Crippen LogP contribution in [0.2, 0.25) is 0 Å². The molecule has 3 heteroatoms. The third-order valence-corrected chi connectivity index (χ3v) is 5.92. The Labute approximate surface area is 140 Å². The molecule has 2 saturated heterocycles. The van der Waals surface area contributed by atoms with Crippen molar-refractivity contribution in [2.45, 2.75) is 57.9 Å². The zero-order chi connectivity index (χ0) is 16.4. The summed E-state index contributed by atoms with van der Waals surface area (Å²) >= 11 is 0. The lowest BCUT2D eigenvalue weighted by Gasteiger charge is -2.44. The second-order valence-electron chi connectivity index (χ2n) is 7.75. The van der Waals surface area contributed by atoms with E-state index in [2.05, 4.69) is 42.7 Å². The van der Waals surface area contributed by atoms with E-state index in [1.807, 2.05) is 12.1 Å². The van der Waals surface area contributed by atoms with Crippen LogP contribution in [0.4, 0.5) is 0 Å². The Morgan fingerprint density at radius 1 is 1.13 bits per heavy atom. The van der Waals surface area contributed by atoms with Crippen molar-refractivity contribution in [2.24, 2.45) is 0 Å². The van der Waals surface area contributed by atoms with E-state index in [0.29, 0.717) is 6.04 Å². The predicted octanol–water partition coefficient (Wildman–Crippen LogP) is 3.68. The Hall–Kier alpha value is -1.35. The fraction of sp³-hybridized carbons (Fsp3) is 0.650. The molecular weight excluding hydrogens is 284 g/mol. The maximum Gasteiger partial charge on any atom is 0.253 e. The molecule has 0 aromatic heterocycles. The molecule has 126 valence electrons. The maximum absolute atomic E-state index is 12.8. The van der Waals surface area contributed by atoms with Crippen molar-refractivity contribution in [1.29, 1.82) is 0 Å². The largest absolute Gasteiger partial charge is 0.336 e. The number of benzene rings is 1. The van der Waals surface area contributed by atoms with Gasteiger partial charge >= 0.3 is 0 Å². The van der Waals surface area contributed by atoms with Gasteiger partial charge in [-0.05, 0) is 48.9 Å². The van der Waals surface area contributed by atoms with Gasteiger partial charge in [0, 0.05) is 31.2 Å². The average Bonchev–Trinajstić information content (AvgIpc) is 2.60. The van der Waals surface area contributed by atoms with Crippen LogP contribution in [0.5, 0.6) is 0 Å². The van der Waals surface area contributed by atoms with E-state index < -0.39 is 0 Å². The van der Waals surface area contributed by atoms with Gasteiger partial charge in [-0.25, -0.2) is 0 Å². The summed E-state index contributed by atoms with van der Waals surface area (Å²) in [5.41, 5.74) is 2.33. The van der Waals surface area contributed by atoms with Gasteiger partial charge in [0.25, 0.3) is 5.91 Å². The topological polar surface area (TPSA) is 23.6 Å². The fourth-order valence-electron chi connectivity index (χ4n) is 3.79. The highest BCUT2D eigenvalue weighted by Gasteiger charge is 2.31. The molecule has 1 unspecified atom stereocenters. The summed E-state index contributed by atoms with van der Waals surface area (Å²) in [6, 6.07) is 8.88. The molecule has 1 atom stereocenters. The smallest absolute Gasteiger partial charge is 0.253 e. The molecule has 3 rings (SSSR count). The molecule has 2 aliphatic heterocycles. The van der Waals surface area contributed by atoms with Gasteiger partial charge in [0.1, 0.15) is 0 Å². The first-order valence-corrected chi connectivity index (χ1v) is 9.15. The van der Waals surface area contributed by atoms with Crippen LogP contribution in [0.25, 0.3) is 0 Å². The number of nitrogens with zero attached hydrogens (tertiary/aromatic N) is 2.